The molecule has 0 aromatic rings. The summed E-state index contributed by atoms with van der Waals surface area (Å²) < 4.78 is 4.97. The fourth-order valence-corrected chi connectivity index (χ4v) is 1.17. The lowest BCUT2D eigenvalue weighted by molar-refractivity contribution is 0.133. The molecule has 0 heterocycles. The van der Waals surface area contributed by atoms with Crippen LogP contribution in [0.1, 0.15) is 33.1 Å². The molecule has 0 unspecified atom stereocenters. The Kier molecular flexibility index (Phi) is 5.47. The fraction of sp³-hybridized carbons (Fsp3) is 0.909. The molecule has 1 aliphatic carbocycles. The zero-order valence-electron chi connectivity index (χ0n) is 9.71. The molecule has 0 saturated heterocycles. The molecule has 1 amide bonds. The first-order chi connectivity index (χ1) is 7.18. The quantitative estimate of drug-likeness (QED) is 0.632. The van der Waals surface area contributed by atoms with Gasteiger partial charge in [0.15, 0.2) is 0 Å². The van der Waals surface area contributed by atoms with Crippen molar-refractivity contribution in [1.29, 1.82) is 0 Å². The molecular formula is C11H22N2O2. The second-order valence-corrected chi connectivity index (χ2v) is 4.50. The molecule has 0 spiro atoms. The van der Waals surface area contributed by atoms with E-state index >= 15 is 0 Å². The summed E-state index contributed by atoms with van der Waals surface area (Å²) in [5, 5.41) is 6.12. The van der Waals surface area contributed by atoms with Crippen molar-refractivity contribution >= 4 is 6.09 Å². The number of rotatable bonds is 7. The molecule has 15 heavy (non-hydrogen) atoms. The van der Waals surface area contributed by atoms with Gasteiger partial charge >= 0.3 is 6.09 Å². The Balaban J connectivity index is 1.82. The Labute approximate surface area is 91.8 Å². The third kappa shape index (κ3) is 7.19. The molecule has 0 aliphatic heterocycles. The Bertz CT molecular complexity index is 191. The molecule has 0 bridgehead atoms. The van der Waals surface area contributed by atoms with E-state index < -0.39 is 0 Å². The average Bonchev–Trinajstić information content (AvgIpc) is 2.98. The Hall–Kier alpha value is -0.770. The van der Waals surface area contributed by atoms with Crippen LogP contribution in [0.4, 0.5) is 4.79 Å². The first kappa shape index (κ1) is 12.3. The highest BCUT2D eigenvalue weighted by Crippen LogP contribution is 2.18. The van der Waals surface area contributed by atoms with Gasteiger partial charge < -0.3 is 15.4 Å². The second kappa shape index (κ2) is 6.67. The highest BCUT2D eigenvalue weighted by molar-refractivity contribution is 5.66. The number of ether oxygens (including phenoxy) is 1. The molecule has 1 saturated carbocycles. The van der Waals surface area contributed by atoms with Crippen molar-refractivity contribution in [2.45, 2.75) is 39.2 Å². The molecule has 4 nitrogen and oxygen atoms in total. The van der Waals surface area contributed by atoms with Gasteiger partial charge in [-0.05, 0) is 31.7 Å². The second-order valence-electron chi connectivity index (χ2n) is 4.50. The smallest absolute Gasteiger partial charge is 0.407 e. The zero-order chi connectivity index (χ0) is 11.1. The van der Waals surface area contributed by atoms with E-state index in [1.54, 1.807) is 0 Å². The zero-order valence-corrected chi connectivity index (χ0v) is 9.71. The van der Waals surface area contributed by atoms with E-state index in [0.717, 1.165) is 19.0 Å². The largest absolute Gasteiger partial charge is 0.449 e. The highest BCUT2D eigenvalue weighted by Gasteiger charge is 2.19. The van der Waals surface area contributed by atoms with Crippen LogP contribution in [0.3, 0.4) is 0 Å². The Morgan fingerprint density at radius 2 is 2.13 bits per heavy atom. The molecule has 0 atom stereocenters. The van der Waals surface area contributed by atoms with E-state index in [0.29, 0.717) is 19.1 Å². The van der Waals surface area contributed by atoms with Gasteiger partial charge in [0.05, 0.1) is 6.61 Å². The summed E-state index contributed by atoms with van der Waals surface area (Å²) in [7, 11) is 0. The van der Waals surface area contributed by atoms with E-state index in [4.69, 9.17) is 4.74 Å². The summed E-state index contributed by atoms with van der Waals surface area (Å²) in [5.74, 6) is 0.396. The standard InChI is InChI=1S/C11H22N2O2/c1-9(2)8-15-11(14)13-7-3-6-12-10-4-5-10/h9-10,12H,3-8H2,1-2H3,(H,13,14). The molecule has 4 heteroatoms. The van der Waals surface area contributed by atoms with Crippen molar-refractivity contribution in [1.82, 2.24) is 10.6 Å². The Morgan fingerprint density at radius 3 is 2.73 bits per heavy atom. The number of hydrogen-bond donors (Lipinski definition) is 2. The third-order valence-corrected chi connectivity index (χ3v) is 2.18. The normalized spacial score (nSPS) is 15.4. The van der Waals surface area contributed by atoms with E-state index in [1.807, 2.05) is 13.8 Å². The van der Waals surface area contributed by atoms with Gasteiger partial charge in [0.25, 0.3) is 0 Å². The SMILES string of the molecule is CC(C)COC(=O)NCCCNC1CC1. The van der Waals surface area contributed by atoms with Crippen LogP contribution in [0.15, 0.2) is 0 Å². The monoisotopic (exact) mass is 214 g/mol. The minimum Gasteiger partial charge on any atom is -0.449 e. The first-order valence-electron chi connectivity index (χ1n) is 5.82. The van der Waals surface area contributed by atoms with Crippen LogP contribution in [0, 0.1) is 5.92 Å². The lowest BCUT2D eigenvalue weighted by atomic mass is 10.2. The van der Waals surface area contributed by atoms with Gasteiger partial charge in [-0.2, -0.15) is 0 Å². The van der Waals surface area contributed by atoms with E-state index in [9.17, 15) is 4.79 Å². The van der Waals surface area contributed by atoms with Crippen LogP contribution in [0.25, 0.3) is 0 Å². The van der Waals surface area contributed by atoms with Gasteiger partial charge in [-0.3, -0.25) is 0 Å². The summed E-state index contributed by atoms with van der Waals surface area (Å²) in [6.45, 7) is 6.21. The van der Waals surface area contributed by atoms with Crippen LogP contribution in [-0.4, -0.2) is 31.8 Å². The van der Waals surface area contributed by atoms with Crippen molar-refractivity contribution < 1.29 is 9.53 Å². The van der Waals surface area contributed by atoms with Crippen molar-refractivity contribution in [2.75, 3.05) is 19.7 Å². The molecule has 88 valence electrons. The molecule has 2 N–H and O–H groups in total. The van der Waals surface area contributed by atoms with E-state index in [-0.39, 0.29) is 6.09 Å². The minimum absolute atomic E-state index is 0.296. The molecule has 1 rings (SSSR count). The maximum Gasteiger partial charge on any atom is 0.407 e. The predicted molar refractivity (Wildman–Crippen MR) is 59.8 cm³/mol. The summed E-state index contributed by atoms with van der Waals surface area (Å²) in [6.07, 6.45) is 3.29. The highest BCUT2D eigenvalue weighted by atomic mass is 16.5. The van der Waals surface area contributed by atoms with Crippen molar-refractivity contribution in [3.8, 4) is 0 Å². The van der Waals surface area contributed by atoms with Crippen molar-refractivity contribution in [3.05, 3.63) is 0 Å². The number of nitrogens with one attached hydrogen (secondary N) is 2. The number of carbonyl (C=O) groups is 1. The molecular weight excluding hydrogens is 192 g/mol. The van der Waals surface area contributed by atoms with Gasteiger partial charge in [-0.1, -0.05) is 13.8 Å². The lowest BCUT2D eigenvalue weighted by Crippen LogP contribution is -2.29. The van der Waals surface area contributed by atoms with Gasteiger partial charge in [-0.25, -0.2) is 4.79 Å². The van der Waals surface area contributed by atoms with Crippen LogP contribution in [-0.2, 0) is 4.74 Å². The van der Waals surface area contributed by atoms with E-state index in [2.05, 4.69) is 10.6 Å². The third-order valence-electron chi connectivity index (χ3n) is 2.18. The summed E-state index contributed by atoms with van der Waals surface area (Å²) >= 11 is 0. The molecule has 0 radical (unpaired) electrons. The van der Waals surface area contributed by atoms with Gasteiger partial charge in [0.2, 0.25) is 0 Å². The minimum atomic E-state index is -0.296. The molecule has 1 aliphatic rings. The van der Waals surface area contributed by atoms with Gasteiger partial charge in [-0.15, -0.1) is 0 Å². The molecule has 0 aromatic heterocycles. The predicted octanol–water partition coefficient (Wildman–Crippen LogP) is 1.51. The number of hydrogen-bond acceptors (Lipinski definition) is 3. The number of amides is 1. The summed E-state index contributed by atoms with van der Waals surface area (Å²) in [4.78, 5) is 11.1. The van der Waals surface area contributed by atoms with Crippen LogP contribution in [0.2, 0.25) is 0 Å². The topological polar surface area (TPSA) is 50.4 Å². The summed E-state index contributed by atoms with van der Waals surface area (Å²) in [5.41, 5.74) is 0. The number of alkyl carbamates (subject to hydrolysis) is 1. The maximum absolute atomic E-state index is 11.1. The van der Waals surface area contributed by atoms with Crippen LogP contribution in [0.5, 0.6) is 0 Å². The van der Waals surface area contributed by atoms with Crippen LogP contribution >= 0.6 is 0 Å². The van der Waals surface area contributed by atoms with Gasteiger partial charge in [0.1, 0.15) is 0 Å². The first-order valence-corrected chi connectivity index (χ1v) is 5.82. The maximum atomic E-state index is 11.1. The van der Waals surface area contributed by atoms with E-state index in [1.165, 1.54) is 12.8 Å². The molecule has 1 fully saturated rings. The van der Waals surface area contributed by atoms with Crippen molar-refractivity contribution in [3.63, 3.8) is 0 Å². The molecule has 0 aromatic carbocycles. The summed E-state index contributed by atoms with van der Waals surface area (Å²) in [6, 6.07) is 0.748. The number of carbonyl (C=O) groups excluding carboxylic acids is 1. The lowest BCUT2D eigenvalue weighted by Gasteiger charge is -2.08. The van der Waals surface area contributed by atoms with Crippen LogP contribution < -0.4 is 10.6 Å². The Morgan fingerprint density at radius 1 is 1.40 bits per heavy atom. The average molecular weight is 214 g/mol. The van der Waals surface area contributed by atoms with Crippen molar-refractivity contribution in [2.24, 2.45) is 5.92 Å². The fourth-order valence-electron chi connectivity index (χ4n) is 1.17. The van der Waals surface area contributed by atoms with Gasteiger partial charge in [0, 0.05) is 12.6 Å².